The van der Waals surface area contributed by atoms with Gasteiger partial charge in [0.1, 0.15) is 11.3 Å². The van der Waals surface area contributed by atoms with Gasteiger partial charge in [-0.2, -0.15) is 0 Å². The van der Waals surface area contributed by atoms with E-state index in [1.54, 1.807) is 54.1 Å². The summed E-state index contributed by atoms with van der Waals surface area (Å²) in [5.41, 5.74) is 4.02. The Kier molecular flexibility index (Phi) is 6.67. The van der Waals surface area contributed by atoms with E-state index < -0.39 is 11.1 Å². The normalized spacial score (nSPS) is 12.2. The highest BCUT2D eigenvalue weighted by atomic mass is 32.2. The van der Waals surface area contributed by atoms with Gasteiger partial charge in [0.2, 0.25) is 0 Å². The van der Waals surface area contributed by atoms with Crippen LogP contribution < -0.4 is 5.56 Å². The second-order valence-corrected chi connectivity index (χ2v) is 8.75. The van der Waals surface area contributed by atoms with Gasteiger partial charge >= 0.3 is 0 Å². The Morgan fingerprint density at radius 2 is 1.67 bits per heavy atom. The van der Waals surface area contributed by atoms with E-state index in [1.807, 2.05) is 6.07 Å². The highest BCUT2D eigenvalue weighted by molar-refractivity contribution is 7.78. The standard InChI is InChI=1S/C25H23FN2O4S/c1-2-21-24(29)23-22(12-19(13-27-23)11-16-7-9-20(26)10-8-16)28(25(21)30)14-17-3-5-18(6-4-17)15-33(31)32/h3-10,12-13,29H,2,11,14-15H2,1H3,(H,31,32)/p-1. The summed E-state index contributed by atoms with van der Waals surface area (Å²) < 4.78 is 36.7. The van der Waals surface area contributed by atoms with E-state index in [-0.39, 0.29) is 29.4 Å². The van der Waals surface area contributed by atoms with Crippen molar-refractivity contribution < 1.29 is 18.3 Å². The fraction of sp³-hybridized carbons (Fsp3) is 0.200. The second-order valence-electron chi connectivity index (χ2n) is 7.85. The van der Waals surface area contributed by atoms with Crippen molar-refractivity contribution in [1.82, 2.24) is 9.55 Å². The second kappa shape index (κ2) is 9.64. The number of hydrogen-bond acceptors (Lipinski definition) is 5. The summed E-state index contributed by atoms with van der Waals surface area (Å²) in [6, 6.07) is 15.0. The van der Waals surface area contributed by atoms with Gasteiger partial charge in [-0.05, 0) is 53.3 Å². The van der Waals surface area contributed by atoms with Gasteiger partial charge in [-0.1, -0.05) is 54.4 Å². The van der Waals surface area contributed by atoms with Crippen molar-refractivity contribution >= 4 is 22.1 Å². The van der Waals surface area contributed by atoms with Crippen LogP contribution in [0.1, 0.15) is 34.7 Å². The Morgan fingerprint density at radius 3 is 2.30 bits per heavy atom. The largest absolute Gasteiger partial charge is 0.772 e. The summed E-state index contributed by atoms with van der Waals surface area (Å²) >= 11 is -2.17. The van der Waals surface area contributed by atoms with Crippen LogP contribution in [0.5, 0.6) is 5.75 Å². The van der Waals surface area contributed by atoms with E-state index in [2.05, 4.69) is 4.98 Å². The smallest absolute Gasteiger partial charge is 0.258 e. The van der Waals surface area contributed by atoms with Crippen LogP contribution in [0.25, 0.3) is 11.0 Å². The third-order valence-electron chi connectivity index (χ3n) is 5.55. The fourth-order valence-corrected chi connectivity index (χ4v) is 4.33. The molecule has 1 atom stereocenters. The molecule has 4 aromatic rings. The molecule has 6 nitrogen and oxygen atoms in total. The van der Waals surface area contributed by atoms with Gasteiger partial charge in [0.05, 0.1) is 17.6 Å². The van der Waals surface area contributed by atoms with Gasteiger partial charge in [0.25, 0.3) is 5.56 Å². The number of aromatic nitrogens is 2. The molecule has 4 rings (SSSR count). The molecule has 2 heterocycles. The molecule has 33 heavy (non-hydrogen) atoms. The van der Waals surface area contributed by atoms with Crippen molar-refractivity contribution in [3.8, 4) is 5.75 Å². The molecule has 2 aromatic carbocycles. The molecule has 1 unspecified atom stereocenters. The van der Waals surface area contributed by atoms with Gasteiger partial charge in [-0.25, -0.2) is 4.39 Å². The van der Waals surface area contributed by atoms with Gasteiger partial charge in [-0.15, -0.1) is 0 Å². The summed E-state index contributed by atoms with van der Waals surface area (Å²) in [5.74, 6) is -0.497. The third kappa shape index (κ3) is 5.02. The van der Waals surface area contributed by atoms with Crippen molar-refractivity contribution in [3.05, 3.63) is 105 Å². The minimum Gasteiger partial charge on any atom is -0.772 e. The Bertz CT molecular complexity index is 1380. The minimum absolute atomic E-state index is 0.0704. The Labute approximate surface area is 192 Å². The molecule has 0 saturated heterocycles. The molecular formula is C25H22FN2O4S-. The van der Waals surface area contributed by atoms with E-state index in [9.17, 15) is 23.1 Å². The lowest BCUT2D eigenvalue weighted by atomic mass is 10.0. The first kappa shape index (κ1) is 22.8. The molecule has 0 amide bonds. The molecular weight excluding hydrogens is 443 g/mol. The van der Waals surface area contributed by atoms with Crippen LogP contribution in [0.3, 0.4) is 0 Å². The first-order chi connectivity index (χ1) is 15.9. The molecule has 170 valence electrons. The first-order valence-electron chi connectivity index (χ1n) is 10.5. The Hall–Kier alpha value is -3.36. The summed E-state index contributed by atoms with van der Waals surface area (Å²) in [4.78, 5) is 17.7. The van der Waals surface area contributed by atoms with Crippen LogP contribution in [-0.2, 0) is 36.2 Å². The molecule has 1 N–H and O–H groups in total. The number of hydrogen-bond donors (Lipinski definition) is 1. The lowest BCUT2D eigenvalue weighted by Gasteiger charge is -2.15. The van der Waals surface area contributed by atoms with Gasteiger partial charge in [0.15, 0.2) is 5.75 Å². The zero-order valence-electron chi connectivity index (χ0n) is 18.0. The zero-order chi connectivity index (χ0) is 23.5. The predicted molar refractivity (Wildman–Crippen MR) is 124 cm³/mol. The molecule has 0 saturated carbocycles. The van der Waals surface area contributed by atoms with Crippen LogP contribution in [0.4, 0.5) is 4.39 Å². The monoisotopic (exact) mass is 465 g/mol. The lowest BCUT2D eigenvalue weighted by molar-refractivity contribution is 0.470. The molecule has 0 fully saturated rings. The van der Waals surface area contributed by atoms with E-state index in [4.69, 9.17) is 0 Å². The fourth-order valence-electron chi connectivity index (χ4n) is 3.87. The molecule has 0 aliphatic rings. The highest BCUT2D eigenvalue weighted by Crippen LogP contribution is 2.27. The van der Waals surface area contributed by atoms with E-state index in [0.717, 1.165) is 16.7 Å². The number of pyridine rings is 2. The minimum atomic E-state index is -2.17. The van der Waals surface area contributed by atoms with Crippen LogP contribution in [-0.4, -0.2) is 23.4 Å². The number of aromatic hydroxyl groups is 1. The summed E-state index contributed by atoms with van der Waals surface area (Å²) in [6.07, 6.45) is 2.50. The average Bonchev–Trinajstić information content (AvgIpc) is 2.79. The Balaban J connectivity index is 1.77. The van der Waals surface area contributed by atoms with Gasteiger partial charge < -0.3 is 14.2 Å². The number of halogens is 1. The maximum absolute atomic E-state index is 13.2. The molecule has 8 heteroatoms. The molecule has 0 spiro atoms. The van der Waals surface area contributed by atoms with E-state index in [0.29, 0.717) is 35.0 Å². The molecule has 0 radical (unpaired) electrons. The Morgan fingerprint density at radius 1 is 1.03 bits per heavy atom. The molecule has 0 bridgehead atoms. The van der Waals surface area contributed by atoms with Crippen LogP contribution in [0.15, 0.2) is 65.6 Å². The van der Waals surface area contributed by atoms with Crippen molar-refractivity contribution in [3.63, 3.8) is 0 Å². The summed E-state index contributed by atoms with van der Waals surface area (Å²) in [6.45, 7) is 2.04. The van der Waals surface area contributed by atoms with Crippen LogP contribution in [0, 0.1) is 5.82 Å². The van der Waals surface area contributed by atoms with Crippen molar-refractivity contribution in [2.75, 3.05) is 0 Å². The third-order valence-corrected chi connectivity index (χ3v) is 6.12. The maximum Gasteiger partial charge on any atom is 0.258 e. The number of benzene rings is 2. The number of rotatable bonds is 7. The van der Waals surface area contributed by atoms with E-state index in [1.165, 1.54) is 12.1 Å². The summed E-state index contributed by atoms with van der Waals surface area (Å²) in [7, 11) is 0. The zero-order valence-corrected chi connectivity index (χ0v) is 18.8. The molecule has 0 aliphatic heterocycles. The van der Waals surface area contributed by atoms with Crippen molar-refractivity contribution in [1.29, 1.82) is 0 Å². The topological polar surface area (TPSA) is 95.2 Å². The molecule has 0 aliphatic carbocycles. The number of nitrogens with zero attached hydrogens (tertiary/aromatic N) is 2. The van der Waals surface area contributed by atoms with Crippen LogP contribution >= 0.6 is 0 Å². The first-order valence-corrected chi connectivity index (χ1v) is 11.7. The van der Waals surface area contributed by atoms with Crippen molar-refractivity contribution in [2.24, 2.45) is 0 Å². The van der Waals surface area contributed by atoms with Crippen molar-refractivity contribution in [2.45, 2.75) is 32.1 Å². The van der Waals surface area contributed by atoms with Gasteiger partial charge in [0, 0.05) is 11.9 Å². The SMILES string of the molecule is CCc1c(O)c2ncc(Cc3ccc(F)cc3)cc2n(Cc2ccc(CS(=O)[O-])cc2)c1=O. The number of fused-ring (bicyclic) bond motifs is 1. The highest BCUT2D eigenvalue weighted by Gasteiger charge is 2.17. The molecule has 2 aromatic heterocycles. The van der Waals surface area contributed by atoms with Gasteiger partial charge in [-0.3, -0.25) is 14.0 Å². The summed E-state index contributed by atoms with van der Waals surface area (Å²) in [5, 5.41) is 10.7. The lowest BCUT2D eigenvalue weighted by Crippen LogP contribution is -2.25. The predicted octanol–water partition coefficient (Wildman–Crippen LogP) is 3.82. The quantitative estimate of drug-likeness (QED) is 0.419. The average molecular weight is 466 g/mol. The maximum atomic E-state index is 13.2. The van der Waals surface area contributed by atoms with Crippen LogP contribution in [0.2, 0.25) is 0 Å². The van der Waals surface area contributed by atoms with E-state index >= 15 is 0 Å².